The third-order valence-electron chi connectivity index (χ3n) is 3.29. The molecule has 0 atom stereocenters. The molecular formula is C13H22N4O. The van der Waals surface area contributed by atoms with Crippen LogP contribution in [0.5, 0.6) is 0 Å². The topological polar surface area (TPSA) is 50.3 Å². The van der Waals surface area contributed by atoms with Gasteiger partial charge >= 0.3 is 0 Å². The van der Waals surface area contributed by atoms with Crippen LogP contribution < -0.4 is 10.2 Å². The van der Waals surface area contributed by atoms with Crippen LogP contribution in [0.15, 0.2) is 12.4 Å². The first-order valence-electron chi connectivity index (χ1n) is 6.54. The van der Waals surface area contributed by atoms with E-state index in [1.54, 1.807) is 0 Å². The SMILES string of the molecule is CNCc1cncc(N(C)CC2CCOCC2)n1. The molecule has 0 saturated carbocycles. The summed E-state index contributed by atoms with van der Waals surface area (Å²) in [5.41, 5.74) is 0.980. The maximum Gasteiger partial charge on any atom is 0.147 e. The van der Waals surface area contributed by atoms with Crippen molar-refractivity contribution in [2.24, 2.45) is 5.92 Å². The summed E-state index contributed by atoms with van der Waals surface area (Å²) in [7, 11) is 4.00. The maximum absolute atomic E-state index is 5.38. The normalized spacial score (nSPS) is 16.8. The molecule has 1 aromatic heterocycles. The Morgan fingerprint density at radius 2 is 2.17 bits per heavy atom. The fourth-order valence-corrected chi connectivity index (χ4v) is 2.25. The van der Waals surface area contributed by atoms with E-state index in [0.29, 0.717) is 5.92 Å². The summed E-state index contributed by atoms with van der Waals surface area (Å²) in [5, 5.41) is 3.09. The highest BCUT2D eigenvalue weighted by molar-refractivity contribution is 5.35. The molecule has 2 rings (SSSR count). The van der Waals surface area contributed by atoms with Crippen molar-refractivity contribution in [2.45, 2.75) is 19.4 Å². The number of aromatic nitrogens is 2. The van der Waals surface area contributed by atoms with E-state index in [-0.39, 0.29) is 0 Å². The smallest absolute Gasteiger partial charge is 0.147 e. The molecule has 1 aliphatic rings. The molecule has 0 aliphatic carbocycles. The van der Waals surface area contributed by atoms with Crippen LogP contribution in [-0.2, 0) is 11.3 Å². The highest BCUT2D eigenvalue weighted by atomic mass is 16.5. The van der Waals surface area contributed by atoms with Gasteiger partial charge in [0.25, 0.3) is 0 Å². The van der Waals surface area contributed by atoms with Gasteiger partial charge < -0.3 is 15.0 Å². The van der Waals surface area contributed by atoms with Crippen molar-refractivity contribution in [2.75, 3.05) is 38.8 Å². The van der Waals surface area contributed by atoms with Crippen molar-refractivity contribution in [3.63, 3.8) is 0 Å². The monoisotopic (exact) mass is 250 g/mol. The summed E-state index contributed by atoms with van der Waals surface area (Å²) in [4.78, 5) is 11.0. The lowest BCUT2D eigenvalue weighted by Crippen LogP contribution is -2.30. The molecule has 0 radical (unpaired) electrons. The van der Waals surface area contributed by atoms with Gasteiger partial charge in [-0.3, -0.25) is 4.98 Å². The number of nitrogens with zero attached hydrogens (tertiary/aromatic N) is 3. The van der Waals surface area contributed by atoms with Gasteiger partial charge in [-0.15, -0.1) is 0 Å². The molecule has 1 fully saturated rings. The van der Waals surface area contributed by atoms with Gasteiger partial charge in [0.2, 0.25) is 0 Å². The second kappa shape index (κ2) is 6.66. The first-order valence-corrected chi connectivity index (χ1v) is 6.54. The molecular weight excluding hydrogens is 228 g/mol. The van der Waals surface area contributed by atoms with Gasteiger partial charge in [-0.05, 0) is 25.8 Å². The van der Waals surface area contributed by atoms with Crippen molar-refractivity contribution < 1.29 is 4.74 Å². The highest BCUT2D eigenvalue weighted by Crippen LogP contribution is 2.18. The first-order chi connectivity index (χ1) is 8.79. The molecule has 1 aliphatic heterocycles. The lowest BCUT2D eigenvalue weighted by atomic mass is 10.00. The molecule has 2 heterocycles. The van der Waals surface area contributed by atoms with Crippen LogP contribution in [0, 0.1) is 5.92 Å². The Balaban J connectivity index is 1.94. The Kier molecular flexibility index (Phi) is 4.90. The van der Waals surface area contributed by atoms with Crippen LogP contribution in [0.4, 0.5) is 5.82 Å². The third-order valence-corrected chi connectivity index (χ3v) is 3.29. The van der Waals surface area contributed by atoms with Gasteiger partial charge in [-0.25, -0.2) is 4.98 Å². The van der Waals surface area contributed by atoms with Crippen molar-refractivity contribution in [3.05, 3.63) is 18.1 Å². The van der Waals surface area contributed by atoms with Gasteiger partial charge in [0.05, 0.1) is 11.9 Å². The van der Waals surface area contributed by atoms with E-state index < -0.39 is 0 Å². The molecule has 0 bridgehead atoms. The van der Waals surface area contributed by atoms with Crippen molar-refractivity contribution in [1.82, 2.24) is 15.3 Å². The van der Waals surface area contributed by atoms with E-state index in [1.165, 1.54) is 0 Å². The van der Waals surface area contributed by atoms with E-state index in [1.807, 2.05) is 19.4 Å². The number of ether oxygens (including phenoxy) is 1. The summed E-state index contributed by atoms with van der Waals surface area (Å²) in [5.74, 6) is 1.66. The largest absolute Gasteiger partial charge is 0.381 e. The molecule has 1 N–H and O–H groups in total. The summed E-state index contributed by atoms with van der Waals surface area (Å²) < 4.78 is 5.38. The van der Waals surface area contributed by atoms with Gasteiger partial charge in [0.1, 0.15) is 5.82 Å². The first kappa shape index (κ1) is 13.2. The predicted octanol–water partition coefficient (Wildman–Crippen LogP) is 1.06. The Morgan fingerprint density at radius 1 is 1.39 bits per heavy atom. The fourth-order valence-electron chi connectivity index (χ4n) is 2.25. The van der Waals surface area contributed by atoms with Gasteiger partial charge in [-0.2, -0.15) is 0 Å². The molecule has 0 aromatic carbocycles. The second-order valence-corrected chi connectivity index (χ2v) is 4.84. The third kappa shape index (κ3) is 3.65. The number of hydrogen-bond donors (Lipinski definition) is 1. The van der Waals surface area contributed by atoms with E-state index in [4.69, 9.17) is 4.74 Å². The minimum absolute atomic E-state index is 0.707. The van der Waals surface area contributed by atoms with Crippen LogP contribution in [-0.4, -0.2) is 43.8 Å². The lowest BCUT2D eigenvalue weighted by Gasteiger charge is -2.27. The van der Waals surface area contributed by atoms with Crippen LogP contribution in [0.2, 0.25) is 0 Å². The van der Waals surface area contributed by atoms with Crippen LogP contribution in [0.1, 0.15) is 18.5 Å². The maximum atomic E-state index is 5.38. The molecule has 1 saturated heterocycles. The van der Waals surface area contributed by atoms with E-state index >= 15 is 0 Å². The Labute approximate surface area is 109 Å². The highest BCUT2D eigenvalue weighted by Gasteiger charge is 2.16. The molecule has 5 heteroatoms. The molecule has 0 amide bonds. The average Bonchev–Trinajstić information content (AvgIpc) is 2.40. The average molecular weight is 250 g/mol. The number of hydrogen-bond acceptors (Lipinski definition) is 5. The molecule has 100 valence electrons. The van der Waals surface area contributed by atoms with E-state index in [9.17, 15) is 0 Å². The van der Waals surface area contributed by atoms with Crippen LogP contribution in [0.3, 0.4) is 0 Å². The molecule has 18 heavy (non-hydrogen) atoms. The molecule has 0 unspecified atom stereocenters. The summed E-state index contributed by atoms with van der Waals surface area (Å²) in [6.45, 7) is 3.57. The minimum Gasteiger partial charge on any atom is -0.381 e. The van der Waals surface area contributed by atoms with Gasteiger partial charge in [0, 0.05) is 39.5 Å². The number of rotatable bonds is 5. The fraction of sp³-hybridized carbons (Fsp3) is 0.692. The number of nitrogens with one attached hydrogen (secondary N) is 1. The zero-order valence-electron chi connectivity index (χ0n) is 11.2. The summed E-state index contributed by atoms with van der Waals surface area (Å²) in [6, 6.07) is 0. The standard InChI is InChI=1S/C13H22N4O/c1-14-7-12-8-15-9-13(16-12)17(2)10-11-3-5-18-6-4-11/h8-9,11,14H,3-7,10H2,1-2H3. The molecule has 5 nitrogen and oxygen atoms in total. The van der Waals surface area contributed by atoms with E-state index in [0.717, 1.165) is 50.7 Å². The second-order valence-electron chi connectivity index (χ2n) is 4.84. The number of anilines is 1. The zero-order valence-corrected chi connectivity index (χ0v) is 11.2. The van der Waals surface area contributed by atoms with Crippen LogP contribution >= 0.6 is 0 Å². The lowest BCUT2D eigenvalue weighted by molar-refractivity contribution is 0.0685. The molecule has 1 aromatic rings. The summed E-state index contributed by atoms with van der Waals surface area (Å²) in [6.07, 6.45) is 5.93. The van der Waals surface area contributed by atoms with Crippen molar-refractivity contribution >= 4 is 5.82 Å². The van der Waals surface area contributed by atoms with Crippen molar-refractivity contribution in [3.8, 4) is 0 Å². The summed E-state index contributed by atoms with van der Waals surface area (Å²) >= 11 is 0. The van der Waals surface area contributed by atoms with Crippen LogP contribution in [0.25, 0.3) is 0 Å². The van der Waals surface area contributed by atoms with Gasteiger partial charge in [0.15, 0.2) is 0 Å². The molecule has 0 spiro atoms. The van der Waals surface area contributed by atoms with E-state index in [2.05, 4.69) is 27.2 Å². The van der Waals surface area contributed by atoms with Gasteiger partial charge in [-0.1, -0.05) is 0 Å². The van der Waals surface area contributed by atoms with Crippen molar-refractivity contribution in [1.29, 1.82) is 0 Å². The quantitative estimate of drug-likeness (QED) is 0.847. The Hall–Kier alpha value is -1.20. The predicted molar refractivity (Wildman–Crippen MR) is 71.6 cm³/mol. The zero-order chi connectivity index (χ0) is 12.8. The minimum atomic E-state index is 0.707. The Morgan fingerprint density at radius 3 is 2.89 bits per heavy atom. The Bertz CT molecular complexity index is 366.